The van der Waals surface area contributed by atoms with E-state index < -0.39 is 0 Å². The summed E-state index contributed by atoms with van der Waals surface area (Å²) in [4.78, 5) is 12.7. The second kappa shape index (κ2) is 7.90. The average Bonchev–Trinajstić information content (AvgIpc) is 3.02. The molecule has 0 saturated heterocycles. The highest BCUT2D eigenvalue weighted by Crippen LogP contribution is 2.28. The third-order valence-corrected chi connectivity index (χ3v) is 4.59. The molecule has 0 atom stereocenters. The fourth-order valence-electron chi connectivity index (χ4n) is 2.62. The Balaban J connectivity index is 1.91. The third-order valence-electron chi connectivity index (χ3n) is 4.02. The van der Waals surface area contributed by atoms with Crippen molar-refractivity contribution in [2.75, 3.05) is 16.8 Å². The summed E-state index contributed by atoms with van der Waals surface area (Å²) in [7, 11) is 0. The monoisotopic (exact) mass is 403 g/mol. The van der Waals surface area contributed by atoms with E-state index in [1.54, 1.807) is 16.8 Å². The van der Waals surface area contributed by atoms with Crippen molar-refractivity contribution in [3.63, 3.8) is 0 Å². The molecular weight excluding hydrogens is 385 g/mol. The molecule has 6 nitrogen and oxygen atoms in total. The van der Waals surface area contributed by atoms with Gasteiger partial charge in [-0.15, -0.1) is 0 Å². The van der Waals surface area contributed by atoms with Crippen molar-refractivity contribution in [1.29, 1.82) is 0 Å². The lowest BCUT2D eigenvalue weighted by atomic mass is 10.1. The summed E-state index contributed by atoms with van der Waals surface area (Å²) in [5, 5.41) is 8.34. The zero-order chi connectivity index (χ0) is 19.6. The van der Waals surface area contributed by atoms with Gasteiger partial charge in [0.25, 0.3) is 5.91 Å². The number of nitrogens with zero attached hydrogens (tertiary/aromatic N) is 2. The summed E-state index contributed by atoms with van der Waals surface area (Å²) >= 11 is 12.0. The molecule has 1 heterocycles. The standard InChI is InChI=1S/C19H19Cl2N5O/c1-2-7-26-17(10-16(25-26)11-3-5-13(20)6-4-11)24-19(27)12-8-14(21)18(23)15(22)9-12/h3-6,8-10H,2,7,22-23H2,1H3,(H,24,27). The van der Waals surface area contributed by atoms with Crippen LogP contribution >= 0.6 is 23.2 Å². The maximum Gasteiger partial charge on any atom is 0.256 e. The third kappa shape index (κ3) is 4.18. The summed E-state index contributed by atoms with van der Waals surface area (Å²) < 4.78 is 1.75. The maximum absolute atomic E-state index is 12.7. The Hall–Kier alpha value is -2.70. The van der Waals surface area contributed by atoms with Gasteiger partial charge in [-0.3, -0.25) is 4.79 Å². The van der Waals surface area contributed by atoms with Crippen LogP contribution in [-0.2, 0) is 6.54 Å². The van der Waals surface area contributed by atoms with E-state index in [0.717, 1.165) is 17.7 Å². The van der Waals surface area contributed by atoms with E-state index in [1.807, 2.05) is 25.1 Å². The minimum atomic E-state index is -0.344. The molecule has 27 heavy (non-hydrogen) atoms. The average molecular weight is 404 g/mol. The number of anilines is 3. The Bertz CT molecular complexity index is 959. The molecule has 0 unspecified atom stereocenters. The van der Waals surface area contributed by atoms with Crippen LogP contribution in [0.5, 0.6) is 0 Å². The number of carbonyl (C=O) groups excluding carboxylic acids is 1. The molecule has 3 rings (SSSR count). The van der Waals surface area contributed by atoms with Gasteiger partial charge in [-0.05, 0) is 30.7 Å². The Labute approximate surface area is 167 Å². The number of carbonyl (C=O) groups is 1. The summed E-state index contributed by atoms with van der Waals surface area (Å²) in [6.07, 6.45) is 0.866. The van der Waals surface area contributed by atoms with Crippen molar-refractivity contribution in [3.05, 3.63) is 58.1 Å². The lowest BCUT2D eigenvalue weighted by molar-refractivity contribution is 0.102. The van der Waals surface area contributed by atoms with Gasteiger partial charge in [0, 0.05) is 28.8 Å². The highest BCUT2D eigenvalue weighted by atomic mass is 35.5. The fourth-order valence-corrected chi connectivity index (χ4v) is 2.97. The van der Waals surface area contributed by atoms with E-state index in [1.165, 1.54) is 12.1 Å². The zero-order valence-electron chi connectivity index (χ0n) is 14.7. The lowest BCUT2D eigenvalue weighted by Gasteiger charge is -2.10. The van der Waals surface area contributed by atoms with Crippen LogP contribution in [0.2, 0.25) is 10.0 Å². The van der Waals surface area contributed by atoms with Crippen molar-refractivity contribution in [1.82, 2.24) is 9.78 Å². The Morgan fingerprint density at radius 1 is 1.15 bits per heavy atom. The number of nitrogen functional groups attached to an aromatic ring is 2. The first-order chi connectivity index (χ1) is 12.9. The minimum absolute atomic E-state index is 0.240. The van der Waals surface area contributed by atoms with E-state index in [4.69, 9.17) is 34.7 Å². The van der Waals surface area contributed by atoms with Crippen LogP contribution in [0.1, 0.15) is 23.7 Å². The van der Waals surface area contributed by atoms with E-state index >= 15 is 0 Å². The van der Waals surface area contributed by atoms with Gasteiger partial charge in [0.1, 0.15) is 5.82 Å². The molecule has 3 aromatic rings. The van der Waals surface area contributed by atoms with E-state index in [9.17, 15) is 4.79 Å². The molecule has 0 radical (unpaired) electrons. The van der Waals surface area contributed by atoms with Crippen LogP contribution in [0, 0.1) is 0 Å². The van der Waals surface area contributed by atoms with Gasteiger partial charge in [-0.1, -0.05) is 42.3 Å². The molecule has 140 valence electrons. The molecule has 0 aliphatic heterocycles. The summed E-state index contributed by atoms with van der Waals surface area (Å²) in [6.45, 7) is 2.70. The number of hydrogen-bond donors (Lipinski definition) is 3. The predicted octanol–water partition coefficient (Wildman–Crippen LogP) is 4.68. The molecule has 0 saturated carbocycles. The lowest BCUT2D eigenvalue weighted by Crippen LogP contribution is -2.16. The molecule has 0 aliphatic carbocycles. The number of amides is 1. The van der Waals surface area contributed by atoms with Gasteiger partial charge in [-0.25, -0.2) is 4.68 Å². The first-order valence-corrected chi connectivity index (χ1v) is 9.14. The second-order valence-electron chi connectivity index (χ2n) is 6.06. The van der Waals surface area contributed by atoms with Gasteiger partial charge in [0.15, 0.2) is 0 Å². The van der Waals surface area contributed by atoms with Crippen molar-refractivity contribution in [2.24, 2.45) is 0 Å². The number of benzene rings is 2. The second-order valence-corrected chi connectivity index (χ2v) is 6.90. The highest BCUT2D eigenvalue weighted by Gasteiger charge is 2.15. The molecule has 8 heteroatoms. The highest BCUT2D eigenvalue weighted by molar-refractivity contribution is 6.34. The fraction of sp³-hybridized carbons (Fsp3) is 0.158. The SMILES string of the molecule is CCCn1nc(-c2ccc(Cl)cc2)cc1NC(=O)c1cc(N)c(N)c(Cl)c1. The van der Waals surface area contributed by atoms with Gasteiger partial charge in [0.05, 0.1) is 22.1 Å². The van der Waals surface area contributed by atoms with Gasteiger partial charge < -0.3 is 16.8 Å². The first-order valence-electron chi connectivity index (χ1n) is 8.38. The number of nitrogens with one attached hydrogen (secondary N) is 1. The summed E-state index contributed by atoms with van der Waals surface area (Å²) in [5.74, 6) is 0.238. The van der Waals surface area contributed by atoms with E-state index in [2.05, 4.69) is 10.4 Å². The van der Waals surface area contributed by atoms with Gasteiger partial charge >= 0.3 is 0 Å². The molecule has 1 amide bonds. The predicted molar refractivity (Wildman–Crippen MR) is 111 cm³/mol. The number of nitrogens with two attached hydrogens (primary N) is 2. The van der Waals surface area contributed by atoms with Crippen LogP contribution in [0.25, 0.3) is 11.3 Å². The number of hydrogen-bond acceptors (Lipinski definition) is 4. The number of aromatic nitrogens is 2. The first kappa shape index (κ1) is 19.1. The smallest absolute Gasteiger partial charge is 0.256 e. The van der Waals surface area contributed by atoms with E-state index in [0.29, 0.717) is 22.9 Å². The normalized spacial score (nSPS) is 10.8. The molecule has 0 fully saturated rings. The summed E-state index contributed by atoms with van der Waals surface area (Å²) in [5.41, 5.74) is 14.0. The van der Waals surface area contributed by atoms with Gasteiger partial charge in [-0.2, -0.15) is 5.10 Å². The molecular formula is C19H19Cl2N5O. The van der Waals surface area contributed by atoms with Crippen molar-refractivity contribution in [3.8, 4) is 11.3 Å². The van der Waals surface area contributed by atoms with Gasteiger partial charge in [0.2, 0.25) is 0 Å². The van der Waals surface area contributed by atoms with Crippen LogP contribution in [0.4, 0.5) is 17.2 Å². The Morgan fingerprint density at radius 2 is 1.85 bits per heavy atom. The molecule has 2 aromatic carbocycles. The van der Waals surface area contributed by atoms with Crippen LogP contribution in [-0.4, -0.2) is 15.7 Å². The minimum Gasteiger partial charge on any atom is -0.397 e. The van der Waals surface area contributed by atoms with Crippen LogP contribution in [0.15, 0.2) is 42.5 Å². The van der Waals surface area contributed by atoms with Crippen LogP contribution < -0.4 is 16.8 Å². The zero-order valence-corrected chi connectivity index (χ0v) is 16.2. The largest absolute Gasteiger partial charge is 0.397 e. The molecule has 1 aromatic heterocycles. The van der Waals surface area contributed by atoms with Crippen molar-refractivity contribution >= 4 is 46.3 Å². The van der Waals surface area contributed by atoms with E-state index in [-0.39, 0.29) is 22.3 Å². The Morgan fingerprint density at radius 3 is 2.48 bits per heavy atom. The maximum atomic E-state index is 12.7. The molecule has 0 aliphatic rings. The summed E-state index contributed by atoms with van der Waals surface area (Å²) in [6, 6.07) is 12.2. The Kier molecular flexibility index (Phi) is 5.58. The number of halogens is 2. The molecule has 5 N–H and O–H groups in total. The van der Waals surface area contributed by atoms with Crippen molar-refractivity contribution in [2.45, 2.75) is 19.9 Å². The molecule has 0 spiro atoms. The number of rotatable bonds is 5. The van der Waals surface area contributed by atoms with Crippen LogP contribution in [0.3, 0.4) is 0 Å². The topological polar surface area (TPSA) is 99.0 Å². The number of aryl methyl sites for hydroxylation is 1. The van der Waals surface area contributed by atoms with Crippen molar-refractivity contribution < 1.29 is 4.79 Å². The molecule has 0 bridgehead atoms. The quantitative estimate of drug-likeness (QED) is 0.538.